The summed E-state index contributed by atoms with van der Waals surface area (Å²) in [5, 5.41) is 0. The Morgan fingerprint density at radius 2 is 2.22 bits per heavy atom. The van der Waals surface area contributed by atoms with Crippen LogP contribution in [-0.2, 0) is 0 Å². The fraction of sp³-hybridized carbons (Fsp3) is 0. The van der Waals surface area contributed by atoms with Gasteiger partial charge in [-0.2, -0.15) is 0 Å². The average Bonchev–Trinajstić information content (AvgIpc) is 1.90. The smallest absolute Gasteiger partial charge is 0.0623 e. The summed E-state index contributed by atoms with van der Waals surface area (Å²) in [4.78, 5) is 3.98. The maximum atomic E-state index is 3.98. The van der Waals surface area contributed by atoms with Gasteiger partial charge in [0, 0.05) is 6.20 Å². The Bertz CT molecular complexity index is 172. The SMILES string of the molecule is C=Cc1ccccn1.F. The molecule has 1 rings (SSSR count). The molecule has 0 amide bonds. The van der Waals surface area contributed by atoms with Crippen LogP contribution in [0, 0.1) is 0 Å². The fourth-order valence-corrected chi connectivity index (χ4v) is 0.497. The van der Waals surface area contributed by atoms with Crippen molar-refractivity contribution >= 4 is 6.08 Å². The topological polar surface area (TPSA) is 12.9 Å². The first-order valence-corrected chi connectivity index (χ1v) is 2.47. The van der Waals surface area contributed by atoms with Crippen molar-refractivity contribution in [3.8, 4) is 0 Å². The first-order chi connectivity index (χ1) is 3.93. The van der Waals surface area contributed by atoms with Gasteiger partial charge in [0.1, 0.15) is 0 Å². The maximum Gasteiger partial charge on any atom is 0.0623 e. The van der Waals surface area contributed by atoms with Gasteiger partial charge in [-0.1, -0.05) is 12.6 Å². The van der Waals surface area contributed by atoms with Gasteiger partial charge in [0.2, 0.25) is 0 Å². The Kier molecular flexibility index (Phi) is 3.28. The number of aromatic nitrogens is 1. The van der Waals surface area contributed by atoms with Crippen molar-refractivity contribution in [2.75, 3.05) is 0 Å². The quantitative estimate of drug-likeness (QED) is 0.558. The molecule has 0 N–H and O–H groups in total. The standard InChI is InChI=1S/C7H7N.FH/c1-2-7-5-3-4-6-8-7;/h2-6H,1H2;1H. The van der Waals surface area contributed by atoms with Crippen LogP contribution in [0.25, 0.3) is 6.08 Å². The third-order valence-corrected chi connectivity index (χ3v) is 0.897. The zero-order chi connectivity index (χ0) is 5.82. The largest absolute Gasteiger partial charge is 0.269 e. The lowest BCUT2D eigenvalue weighted by Crippen LogP contribution is -1.73. The highest BCUT2D eigenvalue weighted by atomic mass is 19.0. The van der Waals surface area contributed by atoms with Crippen LogP contribution in [0.15, 0.2) is 31.0 Å². The third kappa shape index (κ3) is 2.04. The third-order valence-electron chi connectivity index (χ3n) is 0.897. The van der Waals surface area contributed by atoms with Crippen molar-refractivity contribution in [2.24, 2.45) is 0 Å². The highest BCUT2D eigenvalue weighted by molar-refractivity contribution is 5.40. The Balaban J connectivity index is 0.000000640. The van der Waals surface area contributed by atoms with Crippen LogP contribution >= 0.6 is 0 Å². The van der Waals surface area contributed by atoms with E-state index in [1.807, 2.05) is 18.2 Å². The number of hydrogen-bond donors (Lipinski definition) is 0. The van der Waals surface area contributed by atoms with Crippen LogP contribution in [0.5, 0.6) is 0 Å². The second-order valence-electron chi connectivity index (χ2n) is 1.46. The van der Waals surface area contributed by atoms with Gasteiger partial charge >= 0.3 is 0 Å². The van der Waals surface area contributed by atoms with Crippen molar-refractivity contribution in [1.29, 1.82) is 0 Å². The van der Waals surface area contributed by atoms with Gasteiger partial charge in [0.05, 0.1) is 5.69 Å². The molecule has 0 saturated heterocycles. The monoisotopic (exact) mass is 125 g/mol. The molecule has 9 heavy (non-hydrogen) atoms. The number of pyridine rings is 1. The van der Waals surface area contributed by atoms with Gasteiger partial charge in [0.25, 0.3) is 0 Å². The predicted octanol–water partition coefficient (Wildman–Crippen LogP) is 1.88. The van der Waals surface area contributed by atoms with E-state index in [4.69, 9.17) is 0 Å². The van der Waals surface area contributed by atoms with E-state index in [0.29, 0.717) is 0 Å². The van der Waals surface area contributed by atoms with Crippen LogP contribution in [0.3, 0.4) is 0 Å². The Morgan fingerprint density at radius 1 is 1.44 bits per heavy atom. The van der Waals surface area contributed by atoms with E-state index < -0.39 is 0 Å². The molecule has 1 nitrogen and oxygen atoms in total. The Morgan fingerprint density at radius 3 is 2.56 bits per heavy atom. The molecule has 0 unspecified atom stereocenters. The van der Waals surface area contributed by atoms with E-state index in [-0.39, 0.29) is 4.70 Å². The van der Waals surface area contributed by atoms with E-state index in [1.54, 1.807) is 12.3 Å². The van der Waals surface area contributed by atoms with Crippen LogP contribution in [0.2, 0.25) is 0 Å². The summed E-state index contributed by atoms with van der Waals surface area (Å²) in [5.74, 6) is 0. The van der Waals surface area contributed by atoms with Gasteiger partial charge in [-0.25, -0.2) is 0 Å². The van der Waals surface area contributed by atoms with Crippen molar-refractivity contribution in [3.05, 3.63) is 36.7 Å². The first kappa shape index (κ1) is 7.82. The minimum absolute atomic E-state index is 0. The number of halogens is 1. The Hall–Kier alpha value is -1.18. The van der Waals surface area contributed by atoms with E-state index in [1.165, 1.54) is 0 Å². The molecule has 1 heterocycles. The highest BCUT2D eigenvalue weighted by Crippen LogP contribution is 1.91. The van der Waals surface area contributed by atoms with Gasteiger partial charge < -0.3 is 0 Å². The molecule has 2 heteroatoms. The zero-order valence-electron chi connectivity index (χ0n) is 4.95. The molecule has 0 atom stereocenters. The second kappa shape index (κ2) is 3.78. The molecule has 0 aliphatic carbocycles. The summed E-state index contributed by atoms with van der Waals surface area (Å²) in [6.45, 7) is 3.57. The van der Waals surface area contributed by atoms with Gasteiger partial charge in [-0.15, -0.1) is 0 Å². The van der Waals surface area contributed by atoms with Crippen LogP contribution in [0.4, 0.5) is 4.70 Å². The van der Waals surface area contributed by atoms with Crippen LogP contribution in [-0.4, -0.2) is 4.98 Å². The molecular formula is C7H8FN. The lowest BCUT2D eigenvalue weighted by Gasteiger charge is -1.84. The van der Waals surface area contributed by atoms with E-state index in [0.717, 1.165) is 5.69 Å². The summed E-state index contributed by atoms with van der Waals surface area (Å²) in [7, 11) is 0. The summed E-state index contributed by atoms with van der Waals surface area (Å²) < 4.78 is 0. The lowest BCUT2D eigenvalue weighted by molar-refractivity contribution is 1.11. The van der Waals surface area contributed by atoms with Crippen LogP contribution < -0.4 is 0 Å². The highest BCUT2D eigenvalue weighted by Gasteiger charge is 1.77. The van der Waals surface area contributed by atoms with Crippen molar-refractivity contribution < 1.29 is 4.70 Å². The zero-order valence-corrected chi connectivity index (χ0v) is 4.95. The second-order valence-corrected chi connectivity index (χ2v) is 1.46. The lowest BCUT2D eigenvalue weighted by atomic mass is 10.4. The minimum Gasteiger partial charge on any atom is -0.269 e. The molecule has 0 radical (unpaired) electrons. The van der Waals surface area contributed by atoms with Crippen molar-refractivity contribution in [1.82, 2.24) is 4.98 Å². The molecule has 0 spiro atoms. The maximum absolute atomic E-state index is 3.98. The molecule has 0 aromatic carbocycles. The van der Waals surface area contributed by atoms with E-state index >= 15 is 0 Å². The molecule has 0 aliphatic heterocycles. The molecule has 0 fully saturated rings. The van der Waals surface area contributed by atoms with E-state index in [9.17, 15) is 0 Å². The molecule has 0 bridgehead atoms. The van der Waals surface area contributed by atoms with Crippen molar-refractivity contribution in [3.63, 3.8) is 0 Å². The predicted molar refractivity (Wildman–Crippen MR) is 36.8 cm³/mol. The first-order valence-electron chi connectivity index (χ1n) is 2.47. The Labute approximate surface area is 53.4 Å². The van der Waals surface area contributed by atoms with Gasteiger partial charge in [-0.3, -0.25) is 9.69 Å². The summed E-state index contributed by atoms with van der Waals surface area (Å²) in [6, 6.07) is 5.73. The number of hydrogen-bond acceptors (Lipinski definition) is 1. The van der Waals surface area contributed by atoms with Crippen LogP contribution in [0.1, 0.15) is 5.69 Å². The minimum atomic E-state index is 0. The summed E-state index contributed by atoms with van der Waals surface area (Å²) >= 11 is 0. The fourth-order valence-electron chi connectivity index (χ4n) is 0.497. The molecule has 1 aromatic heterocycles. The molecular weight excluding hydrogens is 117 g/mol. The molecule has 0 aliphatic rings. The molecule has 48 valence electrons. The summed E-state index contributed by atoms with van der Waals surface area (Å²) in [6.07, 6.45) is 3.47. The van der Waals surface area contributed by atoms with Gasteiger partial charge in [-0.05, 0) is 18.2 Å². The summed E-state index contributed by atoms with van der Waals surface area (Å²) in [5.41, 5.74) is 0.924. The average molecular weight is 125 g/mol. The molecule has 0 saturated carbocycles. The molecule has 1 aromatic rings. The van der Waals surface area contributed by atoms with E-state index in [2.05, 4.69) is 11.6 Å². The number of nitrogens with zero attached hydrogens (tertiary/aromatic N) is 1. The van der Waals surface area contributed by atoms with Gasteiger partial charge in [0.15, 0.2) is 0 Å². The number of rotatable bonds is 1. The van der Waals surface area contributed by atoms with Crippen molar-refractivity contribution in [2.45, 2.75) is 0 Å². The normalized spacial score (nSPS) is 7.56.